The van der Waals surface area contributed by atoms with E-state index in [0.717, 1.165) is 21.7 Å². The molecule has 108 valence electrons. The highest BCUT2D eigenvalue weighted by Gasteiger charge is 2.08. The van der Waals surface area contributed by atoms with Crippen molar-refractivity contribution in [1.82, 2.24) is 15.0 Å². The lowest BCUT2D eigenvalue weighted by Crippen LogP contribution is -2.12. The van der Waals surface area contributed by atoms with Gasteiger partial charge in [-0.15, -0.1) is 11.3 Å². The maximum absolute atomic E-state index is 5.47. The molecule has 0 atom stereocenters. The fraction of sp³-hybridized carbons (Fsp3) is 0.214. The number of nitrogen functional groups attached to an aromatic ring is 1. The molecule has 4 N–H and O–H groups in total. The number of thiazole rings is 1. The number of hydrazine groups is 1. The third-order valence-electron chi connectivity index (χ3n) is 3.01. The lowest BCUT2D eigenvalue weighted by atomic mass is 10.2. The van der Waals surface area contributed by atoms with Gasteiger partial charge in [0.2, 0.25) is 0 Å². The first-order valence-electron chi connectivity index (χ1n) is 6.61. The van der Waals surface area contributed by atoms with Crippen LogP contribution < -0.4 is 16.6 Å². The second kappa shape index (κ2) is 5.63. The third kappa shape index (κ3) is 2.93. The lowest BCUT2D eigenvalue weighted by molar-refractivity contribution is 0.777. The van der Waals surface area contributed by atoms with Crippen LogP contribution in [0.1, 0.15) is 25.6 Å². The number of hydrogen-bond donors (Lipinski definition) is 3. The maximum atomic E-state index is 5.47. The van der Waals surface area contributed by atoms with Gasteiger partial charge in [-0.1, -0.05) is 13.8 Å². The molecule has 7 heteroatoms. The molecule has 0 saturated heterocycles. The summed E-state index contributed by atoms with van der Waals surface area (Å²) in [6, 6.07) is 7.80. The number of nitrogens with zero attached hydrogens (tertiary/aromatic N) is 3. The summed E-state index contributed by atoms with van der Waals surface area (Å²) < 4.78 is 1.13. The molecule has 0 bridgehead atoms. The minimum atomic E-state index is 0.225. The number of aromatic nitrogens is 3. The van der Waals surface area contributed by atoms with Crippen molar-refractivity contribution in [3.05, 3.63) is 35.6 Å². The van der Waals surface area contributed by atoms with Crippen molar-refractivity contribution in [3.63, 3.8) is 0 Å². The number of nitrogens with one attached hydrogen (secondary N) is 2. The van der Waals surface area contributed by atoms with Gasteiger partial charge in [-0.05, 0) is 18.2 Å². The van der Waals surface area contributed by atoms with Gasteiger partial charge in [0.05, 0.1) is 15.7 Å². The van der Waals surface area contributed by atoms with Crippen LogP contribution in [-0.2, 0) is 0 Å². The minimum absolute atomic E-state index is 0.225. The average Bonchev–Trinajstić information content (AvgIpc) is 2.94. The number of benzene rings is 1. The Labute approximate surface area is 126 Å². The largest absolute Gasteiger partial charge is 0.340 e. The molecule has 0 spiro atoms. The Hall–Kier alpha value is -2.25. The molecule has 1 aromatic carbocycles. The van der Waals surface area contributed by atoms with Crippen molar-refractivity contribution in [2.45, 2.75) is 19.8 Å². The van der Waals surface area contributed by atoms with E-state index < -0.39 is 0 Å². The van der Waals surface area contributed by atoms with Crippen LogP contribution in [0.5, 0.6) is 0 Å². The van der Waals surface area contributed by atoms with Gasteiger partial charge in [0.25, 0.3) is 0 Å². The van der Waals surface area contributed by atoms with E-state index in [-0.39, 0.29) is 5.92 Å². The monoisotopic (exact) mass is 300 g/mol. The van der Waals surface area contributed by atoms with Crippen molar-refractivity contribution in [1.29, 1.82) is 0 Å². The van der Waals surface area contributed by atoms with Crippen molar-refractivity contribution < 1.29 is 0 Å². The van der Waals surface area contributed by atoms with Crippen LogP contribution >= 0.6 is 11.3 Å². The third-order valence-corrected chi connectivity index (χ3v) is 3.80. The van der Waals surface area contributed by atoms with E-state index in [1.54, 1.807) is 17.4 Å². The Morgan fingerprint density at radius 3 is 2.71 bits per heavy atom. The summed E-state index contributed by atoms with van der Waals surface area (Å²) in [5.74, 6) is 7.74. The van der Waals surface area contributed by atoms with Gasteiger partial charge < -0.3 is 10.7 Å². The molecule has 0 unspecified atom stereocenters. The first kappa shape index (κ1) is 13.7. The average molecular weight is 300 g/mol. The maximum Gasteiger partial charge on any atom is 0.145 e. The SMILES string of the molecule is CC(C)c1nc(NN)cc(Nc2ccc3ncsc3c2)n1. The predicted molar refractivity (Wildman–Crippen MR) is 86.8 cm³/mol. The highest BCUT2D eigenvalue weighted by atomic mass is 32.1. The topological polar surface area (TPSA) is 88.8 Å². The molecule has 0 radical (unpaired) electrons. The van der Waals surface area contributed by atoms with Gasteiger partial charge in [-0.3, -0.25) is 0 Å². The lowest BCUT2D eigenvalue weighted by Gasteiger charge is -2.11. The molecular weight excluding hydrogens is 284 g/mol. The highest BCUT2D eigenvalue weighted by molar-refractivity contribution is 7.16. The molecule has 2 aromatic heterocycles. The highest BCUT2D eigenvalue weighted by Crippen LogP contribution is 2.25. The second-order valence-corrected chi connectivity index (χ2v) is 5.84. The number of fused-ring (bicyclic) bond motifs is 1. The summed E-state index contributed by atoms with van der Waals surface area (Å²) in [7, 11) is 0. The van der Waals surface area contributed by atoms with Gasteiger partial charge >= 0.3 is 0 Å². The standard InChI is InChI=1S/C14H16N6S/c1-8(2)14-18-12(6-13(19-14)20-15)17-9-3-4-10-11(5-9)21-7-16-10/h3-8H,15H2,1-2H3,(H2,17,18,19,20). The number of rotatable bonds is 4. The zero-order chi connectivity index (χ0) is 14.8. The van der Waals surface area contributed by atoms with Crippen LogP contribution in [0.4, 0.5) is 17.3 Å². The molecule has 0 fully saturated rings. The molecule has 0 amide bonds. The Balaban J connectivity index is 1.94. The molecule has 3 aromatic rings. The normalized spacial score (nSPS) is 11.0. The fourth-order valence-electron chi connectivity index (χ4n) is 1.94. The fourth-order valence-corrected chi connectivity index (χ4v) is 2.66. The Morgan fingerprint density at radius 2 is 1.95 bits per heavy atom. The molecule has 6 nitrogen and oxygen atoms in total. The minimum Gasteiger partial charge on any atom is -0.340 e. The van der Waals surface area contributed by atoms with Gasteiger partial charge in [0, 0.05) is 17.7 Å². The first-order chi connectivity index (χ1) is 10.2. The van der Waals surface area contributed by atoms with Crippen LogP contribution in [0.25, 0.3) is 10.2 Å². The Morgan fingerprint density at radius 1 is 1.14 bits per heavy atom. The van der Waals surface area contributed by atoms with Gasteiger partial charge in [-0.2, -0.15) is 0 Å². The predicted octanol–water partition coefficient (Wildman–Crippen LogP) is 3.24. The van der Waals surface area contributed by atoms with Crippen LogP contribution in [0.3, 0.4) is 0 Å². The molecule has 2 heterocycles. The molecule has 3 rings (SSSR count). The van der Waals surface area contributed by atoms with E-state index in [9.17, 15) is 0 Å². The van der Waals surface area contributed by atoms with Crippen LogP contribution in [-0.4, -0.2) is 15.0 Å². The van der Waals surface area contributed by atoms with Gasteiger partial charge in [-0.25, -0.2) is 20.8 Å². The van der Waals surface area contributed by atoms with E-state index in [4.69, 9.17) is 5.84 Å². The van der Waals surface area contributed by atoms with Crippen molar-refractivity contribution >= 4 is 38.9 Å². The van der Waals surface area contributed by atoms with Crippen molar-refractivity contribution in [2.75, 3.05) is 10.7 Å². The summed E-state index contributed by atoms with van der Waals surface area (Å²) in [4.78, 5) is 13.1. The Kier molecular flexibility index (Phi) is 3.68. The molecule has 21 heavy (non-hydrogen) atoms. The quantitative estimate of drug-likeness (QED) is 0.506. The summed E-state index contributed by atoms with van der Waals surface area (Å²) in [5.41, 5.74) is 6.38. The van der Waals surface area contributed by atoms with E-state index in [1.165, 1.54) is 0 Å². The van der Waals surface area contributed by atoms with Crippen LogP contribution in [0, 0.1) is 0 Å². The molecule has 0 saturated carbocycles. The van der Waals surface area contributed by atoms with Crippen molar-refractivity contribution in [3.8, 4) is 0 Å². The summed E-state index contributed by atoms with van der Waals surface area (Å²) in [6.45, 7) is 4.09. The number of hydrogen-bond acceptors (Lipinski definition) is 7. The number of nitrogens with two attached hydrogens (primary N) is 1. The second-order valence-electron chi connectivity index (χ2n) is 4.96. The van der Waals surface area contributed by atoms with Crippen LogP contribution in [0.15, 0.2) is 29.8 Å². The van der Waals surface area contributed by atoms with E-state index in [1.807, 2.05) is 31.5 Å². The zero-order valence-electron chi connectivity index (χ0n) is 11.8. The number of anilines is 3. The summed E-state index contributed by atoms with van der Waals surface area (Å²) in [5, 5.41) is 3.29. The van der Waals surface area contributed by atoms with Gasteiger partial charge in [0.1, 0.15) is 17.5 Å². The molecular formula is C14H16N6S. The molecule has 0 aliphatic rings. The Bertz CT molecular complexity index is 767. The van der Waals surface area contributed by atoms with Crippen LogP contribution in [0.2, 0.25) is 0 Å². The van der Waals surface area contributed by atoms with E-state index >= 15 is 0 Å². The molecule has 0 aliphatic heterocycles. The van der Waals surface area contributed by atoms with E-state index in [0.29, 0.717) is 11.6 Å². The van der Waals surface area contributed by atoms with Crippen molar-refractivity contribution in [2.24, 2.45) is 5.84 Å². The summed E-state index contributed by atoms with van der Waals surface area (Å²) >= 11 is 1.61. The van der Waals surface area contributed by atoms with E-state index in [2.05, 4.69) is 31.8 Å². The smallest absolute Gasteiger partial charge is 0.145 e. The summed E-state index contributed by atoms with van der Waals surface area (Å²) in [6.07, 6.45) is 0. The van der Waals surface area contributed by atoms with Gasteiger partial charge in [0.15, 0.2) is 0 Å². The zero-order valence-corrected chi connectivity index (χ0v) is 12.6. The molecule has 0 aliphatic carbocycles. The first-order valence-corrected chi connectivity index (χ1v) is 7.49.